The summed E-state index contributed by atoms with van der Waals surface area (Å²) in [5.41, 5.74) is 8.25. The molecule has 4 rings (SSSR count). The number of nitrogens with two attached hydrogens (primary N) is 1. The number of allylic oxidation sites excluding steroid dienone is 1. The Balaban J connectivity index is 0.000000231. The number of rotatable bonds is 7. The maximum absolute atomic E-state index is 11.5. The van der Waals surface area contributed by atoms with Gasteiger partial charge in [0.05, 0.1) is 6.26 Å². The summed E-state index contributed by atoms with van der Waals surface area (Å²) in [5.74, 6) is 1.11. The fourth-order valence-corrected chi connectivity index (χ4v) is 4.94. The molecule has 0 saturated carbocycles. The van der Waals surface area contributed by atoms with Crippen molar-refractivity contribution in [3.05, 3.63) is 65.0 Å². The lowest BCUT2D eigenvalue weighted by Crippen LogP contribution is -2.27. The van der Waals surface area contributed by atoms with Crippen LogP contribution in [0.25, 0.3) is 10.2 Å². The molecule has 0 radical (unpaired) electrons. The number of hydrogen-bond acceptors (Lipinski definition) is 7. The Morgan fingerprint density at radius 2 is 2.08 bits per heavy atom. The van der Waals surface area contributed by atoms with Crippen LogP contribution in [0, 0.1) is 18.3 Å². The van der Waals surface area contributed by atoms with Crippen molar-refractivity contribution < 1.29 is 14.3 Å². The SMILES string of the molecule is C/C=C\OC(C)C(=O)Nc1ccccn1.Cc1cc2cc3c(nc2s1)CCC(C(C)(C)C)C3.NCCNC=O. The van der Waals surface area contributed by atoms with Gasteiger partial charge in [0.1, 0.15) is 10.6 Å². The highest BCUT2D eigenvalue weighted by Crippen LogP contribution is 2.38. The van der Waals surface area contributed by atoms with E-state index in [1.807, 2.05) is 18.3 Å². The van der Waals surface area contributed by atoms with Crippen LogP contribution in [0.15, 0.2) is 48.9 Å². The van der Waals surface area contributed by atoms with Crippen LogP contribution in [0.3, 0.4) is 0 Å². The van der Waals surface area contributed by atoms with E-state index < -0.39 is 6.10 Å². The Bertz CT molecular complexity index is 1200. The molecular weight excluding hydrogens is 510 g/mol. The predicted octanol–water partition coefficient (Wildman–Crippen LogP) is 5.41. The van der Waals surface area contributed by atoms with E-state index in [1.54, 1.807) is 37.4 Å². The topological polar surface area (TPSA) is 119 Å². The molecule has 0 fully saturated rings. The summed E-state index contributed by atoms with van der Waals surface area (Å²) in [4.78, 5) is 32.3. The summed E-state index contributed by atoms with van der Waals surface area (Å²) in [6.07, 6.45) is 8.59. The predicted molar refractivity (Wildman–Crippen MR) is 161 cm³/mol. The molecule has 0 aromatic carbocycles. The van der Waals surface area contributed by atoms with E-state index in [4.69, 9.17) is 15.5 Å². The first-order valence-corrected chi connectivity index (χ1v) is 14.1. The monoisotopic (exact) mass is 553 g/mol. The lowest BCUT2D eigenvalue weighted by molar-refractivity contribution is -0.123. The molecule has 0 saturated heterocycles. The Kier molecular flexibility index (Phi) is 13.1. The molecule has 3 heterocycles. The third-order valence-electron chi connectivity index (χ3n) is 6.30. The fourth-order valence-electron chi connectivity index (χ4n) is 4.05. The number of thiophene rings is 1. The fraction of sp³-hybridized carbons (Fsp3) is 0.467. The lowest BCUT2D eigenvalue weighted by atomic mass is 9.71. The highest BCUT2D eigenvalue weighted by Gasteiger charge is 2.29. The minimum Gasteiger partial charge on any atom is -0.489 e. The summed E-state index contributed by atoms with van der Waals surface area (Å²) in [6, 6.07) is 9.98. The van der Waals surface area contributed by atoms with Crippen molar-refractivity contribution in [1.29, 1.82) is 0 Å². The van der Waals surface area contributed by atoms with Gasteiger partial charge in [-0.15, -0.1) is 11.3 Å². The first-order valence-electron chi connectivity index (χ1n) is 13.3. The summed E-state index contributed by atoms with van der Waals surface area (Å²) in [7, 11) is 0. The van der Waals surface area contributed by atoms with Gasteiger partial charge in [0.25, 0.3) is 5.91 Å². The van der Waals surface area contributed by atoms with E-state index in [9.17, 15) is 9.59 Å². The van der Waals surface area contributed by atoms with Crippen LogP contribution in [0.5, 0.6) is 0 Å². The van der Waals surface area contributed by atoms with Crippen LogP contribution in [0.2, 0.25) is 0 Å². The molecule has 3 aromatic heterocycles. The van der Waals surface area contributed by atoms with Gasteiger partial charge in [-0.3, -0.25) is 9.59 Å². The molecule has 8 nitrogen and oxygen atoms in total. The van der Waals surface area contributed by atoms with Crippen molar-refractivity contribution in [1.82, 2.24) is 15.3 Å². The molecule has 212 valence electrons. The molecule has 4 N–H and O–H groups in total. The van der Waals surface area contributed by atoms with Gasteiger partial charge < -0.3 is 21.1 Å². The Morgan fingerprint density at radius 3 is 2.67 bits per heavy atom. The number of anilines is 1. The van der Waals surface area contributed by atoms with Gasteiger partial charge in [-0.25, -0.2) is 9.97 Å². The largest absolute Gasteiger partial charge is 0.489 e. The highest BCUT2D eigenvalue weighted by molar-refractivity contribution is 7.18. The molecule has 2 unspecified atom stereocenters. The smallest absolute Gasteiger partial charge is 0.266 e. The number of fused-ring (bicyclic) bond motifs is 2. The maximum Gasteiger partial charge on any atom is 0.266 e. The van der Waals surface area contributed by atoms with E-state index >= 15 is 0 Å². The molecule has 2 amide bonds. The Morgan fingerprint density at radius 1 is 1.31 bits per heavy atom. The summed E-state index contributed by atoms with van der Waals surface area (Å²) < 4.78 is 5.10. The number of amides is 2. The second-order valence-electron chi connectivity index (χ2n) is 10.5. The average molecular weight is 554 g/mol. The quantitative estimate of drug-likeness (QED) is 0.205. The number of aromatic nitrogens is 2. The molecule has 39 heavy (non-hydrogen) atoms. The maximum atomic E-state index is 11.5. The Labute approximate surface area is 236 Å². The lowest BCUT2D eigenvalue weighted by Gasteiger charge is -2.34. The van der Waals surface area contributed by atoms with Crippen LogP contribution >= 0.6 is 11.3 Å². The third kappa shape index (κ3) is 10.8. The van der Waals surface area contributed by atoms with Crippen molar-refractivity contribution in [2.75, 3.05) is 18.4 Å². The van der Waals surface area contributed by atoms with Gasteiger partial charge >= 0.3 is 0 Å². The van der Waals surface area contributed by atoms with E-state index in [0.717, 1.165) is 12.3 Å². The molecule has 9 heteroatoms. The van der Waals surface area contributed by atoms with Gasteiger partial charge in [-0.05, 0) is 81.2 Å². The van der Waals surface area contributed by atoms with Crippen molar-refractivity contribution in [3.63, 3.8) is 0 Å². The minimum atomic E-state index is -0.525. The minimum absolute atomic E-state index is 0.216. The number of nitrogens with zero attached hydrogens (tertiary/aromatic N) is 2. The summed E-state index contributed by atoms with van der Waals surface area (Å²) >= 11 is 1.82. The number of aryl methyl sites for hydroxylation is 2. The van der Waals surface area contributed by atoms with E-state index in [0.29, 0.717) is 30.7 Å². The van der Waals surface area contributed by atoms with Gasteiger partial charge in [-0.2, -0.15) is 0 Å². The number of carbonyl (C=O) groups excluding carboxylic acids is 2. The van der Waals surface area contributed by atoms with Gasteiger partial charge in [0, 0.05) is 35.2 Å². The van der Waals surface area contributed by atoms with Crippen LogP contribution in [-0.4, -0.2) is 41.5 Å². The Hall–Kier alpha value is -3.30. The molecule has 0 aliphatic heterocycles. The first-order chi connectivity index (χ1) is 18.6. The molecule has 3 aromatic rings. The number of hydrogen-bond donors (Lipinski definition) is 3. The molecule has 2 atom stereocenters. The first kappa shape index (κ1) is 31.9. The molecular formula is C30H43N5O3S. The van der Waals surface area contributed by atoms with Crippen molar-refractivity contribution in [2.45, 2.75) is 66.9 Å². The van der Waals surface area contributed by atoms with Crippen LogP contribution in [-0.2, 0) is 27.2 Å². The van der Waals surface area contributed by atoms with Crippen LogP contribution < -0.4 is 16.4 Å². The normalized spacial score (nSPS) is 15.2. The van der Waals surface area contributed by atoms with Crippen LogP contribution in [0.4, 0.5) is 5.82 Å². The molecule has 1 aliphatic rings. The zero-order valence-electron chi connectivity index (χ0n) is 24.0. The molecule has 0 bridgehead atoms. The number of carbonyl (C=O) groups is 2. The number of pyridine rings is 2. The van der Waals surface area contributed by atoms with E-state index in [-0.39, 0.29) is 5.91 Å². The van der Waals surface area contributed by atoms with Crippen molar-refractivity contribution >= 4 is 39.7 Å². The highest BCUT2D eigenvalue weighted by atomic mass is 32.1. The van der Waals surface area contributed by atoms with Crippen molar-refractivity contribution in [3.8, 4) is 0 Å². The molecule has 1 aliphatic carbocycles. The second kappa shape index (κ2) is 16.0. The third-order valence-corrected chi connectivity index (χ3v) is 7.26. The number of ether oxygens (including phenoxy) is 1. The second-order valence-corrected chi connectivity index (χ2v) is 11.7. The summed E-state index contributed by atoms with van der Waals surface area (Å²) in [6.45, 7) is 13.9. The van der Waals surface area contributed by atoms with Crippen molar-refractivity contribution in [2.24, 2.45) is 17.1 Å². The van der Waals surface area contributed by atoms with E-state index in [1.165, 1.54) is 45.5 Å². The van der Waals surface area contributed by atoms with Gasteiger partial charge in [-0.1, -0.05) is 32.9 Å². The number of nitrogens with one attached hydrogen (secondary N) is 2. The van der Waals surface area contributed by atoms with Gasteiger partial charge in [0.2, 0.25) is 6.41 Å². The summed E-state index contributed by atoms with van der Waals surface area (Å²) in [5, 5.41) is 6.37. The van der Waals surface area contributed by atoms with E-state index in [2.05, 4.69) is 55.4 Å². The zero-order chi connectivity index (χ0) is 28.8. The standard InChI is InChI=1S/C16H21NS.C11H14N2O2.C3H8N2O/c1-10-7-12-8-11-9-13(16(2,3)4)5-6-14(11)17-15(12)18-10;1-3-8-15-9(2)11(14)13-10-6-4-5-7-12-10;4-1-2-5-3-6/h7-8,13H,5-6,9H2,1-4H3;3-9H,1-2H3,(H,12,13,14);3H,1-2,4H2,(H,5,6)/b;8-3-;. The molecule has 0 spiro atoms. The zero-order valence-corrected chi connectivity index (χ0v) is 24.8. The van der Waals surface area contributed by atoms with Gasteiger partial charge in [0.15, 0.2) is 6.10 Å². The van der Waals surface area contributed by atoms with Crippen LogP contribution in [0.1, 0.15) is 57.2 Å². The average Bonchev–Trinajstić information content (AvgIpc) is 3.28.